The van der Waals surface area contributed by atoms with Crippen LogP contribution in [0.5, 0.6) is 17.2 Å². The molecule has 0 atom stereocenters. The number of hydrogen-bond donors (Lipinski definition) is 1. The van der Waals surface area contributed by atoms with Crippen LogP contribution in [0.2, 0.25) is 0 Å². The number of amides is 1. The number of hydrogen-bond acceptors (Lipinski definition) is 5. The van der Waals surface area contributed by atoms with E-state index in [1.807, 2.05) is 13.0 Å². The summed E-state index contributed by atoms with van der Waals surface area (Å²) in [6, 6.07) is 10.00. The van der Waals surface area contributed by atoms with E-state index in [1.54, 1.807) is 33.5 Å². The standard InChI is InChI=1S/C27H35N3O4/c1-6-30-17-20(23-15-22(32-3)7-8-24(23)30)16-29-11-9-21(10-12-29)28-27(31)19-13-25(33-4)18(2)26(14-19)34-5/h7-8,13-15,17,21H,6,9-12,16H2,1-5H3,(H,28,31). The van der Waals surface area contributed by atoms with Crippen LogP contribution in [0.15, 0.2) is 36.5 Å². The molecule has 4 rings (SSSR count). The third-order valence-electron chi connectivity index (χ3n) is 6.84. The fourth-order valence-corrected chi connectivity index (χ4v) is 4.83. The zero-order valence-electron chi connectivity index (χ0n) is 20.8. The topological polar surface area (TPSA) is 65.0 Å². The van der Waals surface area contributed by atoms with E-state index in [4.69, 9.17) is 14.2 Å². The Morgan fingerprint density at radius 1 is 1.03 bits per heavy atom. The minimum Gasteiger partial charge on any atom is -0.497 e. The molecule has 0 bridgehead atoms. The fraction of sp³-hybridized carbons (Fsp3) is 0.444. The molecule has 0 aliphatic carbocycles. The maximum Gasteiger partial charge on any atom is 0.251 e. The average molecular weight is 466 g/mol. The lowest BCUT2D eigenvalue weighted by molar-refractivity contribution is 0.0908. The van der Waals surface area contributed by atoms with Crippen molar-refractivity contribution in [3.05, 3.63) is 53.2 Å². The van der Waals surface area contributed by atoms with E-state index in [0.29, 0.717) is 17.1 Å². The number of rotatable bonds is 8. The summed E-state index contributed by atoms with van der Waals surface area (Å²) in [7, 11) is 4.92. The molecule has 0 saturated carbocycles. The Balaban J connectivity index is 1.39. The normalized spacial score (nSPS) is 14.9. The van der Waals surface area contributed by atoms with Crippen molar-refractivity contribution in [1.82, 2.24) is 14.8 Å². The van der Waals surface area contributed by atoms with Gasteiger partial charge in [0, 0.05) is 60.4 Å². The monoisotopic (exact) mass is 465 g/mol. The van der Waals surface area contributed by atoms with Gasteiger partial charge in [-0.1, -0.05) is 0 Å². The summed E-state index contributed by atoms with van der Waals surface area (Å²) in [5.74, 6) is 2.10. The molecular formula is C27H35N3O4. The molecule has 7 heteroatoms. The van der Waals surface area contributed by atoms with Gasteiger partial charge in [0.25, 0.3) is 5.91 Å². The molecule has 1 saturated heterocycles. The van der Waals surface area contributed by atoms with Gasteiger partial charge in [0.05, 0.1) is 21.3 Å². The van der Waals surface area contributed by atoms with Crippen LogP contribution in [-0.2, 0) is 13.1 Å². The van der Waals surface area contributed by atoms with Gasteiger partial charge in [-0.2, -0.15) is 0 Å². The molecule has 3 aromatic rings. The molecule has 0 spiro atoms. The summed E-state index contributed by atoms with van der Waals surface area (Å²) in [6.45, 7) is 7.79. The van der Waals surface area contributed by atoms with E-state index in [1.165, 1.54) is 16.5 Å². The molecule has 1 aromatic heterocycles. The minimum absolute atomic E-state index is 0.0897. The third-order valence-corrected chi connectivity index (χ3v) is 6.84. The number of benzene rings is 2. The van der Waals surface area contributed by atoms with Gasteiger partial charge in [-0.3, -0.25) is 9.69 Å². The lowest BCUT2D eigenvalue weighted by atomic mass is 10.0. The van der Waals surface area contributed by atoms with Crippen molar-refractivity contribution in [1.29, 1.82) is 0 Å². The first-order chi connectivity index (χ1) is 16.5. The summed E-state index contributed by atoms with van der Waals surface area (Å²) in [6.07, 6.45) is 4.10. The second-order valence-corrected chi connectivity index (χ2v) is 8.85. The van der Waals surface area contributed by atoms with E-state index < -0.39 is 0 Å². The van der Waals surface area contributed by atoms with E-state index in [9.17, 15) is 4.79 Å². The zero-order chi connectivity index (χ0) is 24.2. The van der Waals surface area contributed by atoms with Crippen LogP contribution in [-0.4, -0.2) is 55.8 Å². The first-order valence-corrected chi connectivity index (χ1v) is 11.9. The molecule has 0 radical (unpaired) electrons. The summed E-state index contributed by atoms with van der Waals surface area (Å²) < 4.78 is 18.6. The van der Waals surface area contributed by atoms with Crippen molar-refractivity contribution in [2.24, 2.45) is 0 Å². The van der Waals surface area contributed by atoms with Crippen LogP contribution >= 0.6 is 0 Å². The predicted molar refractivity (Wildman–Crippen MR) is 134 cm³/mol. The second kappa shape index (κ2) is 10.4. The van der Waals surface area contributed by atoms with Gasteiger partial charge in [-0.25, -0.2) is 0 Å². The van der Waals surface area contributed by atoms with Gasteiger partial charge in [-0.15, -0.1) is 0 Å². The molecule has 1 aliphatic rings. The molecule has 2 heterocycles. The molecule has 1 N–H and O–H groups in total. The first kappa shape index (κ1) is 24.0. The van der Waals surface area contributed by atoms with Crippen LogP contribution in [0.1, 0.15) is 41.3 Å². The van der Waals surface area contributed by atoms with E-state index in [0.717, 1.165) is 50.3 Å². The molecule has 34 heavy (non-hydrogen) atoms. The van der Waals surface area contributed by atoms with Crippen LogP contribution in [0, 0.1) is 6.92 Å². The van der Waals surface area contributed by atoms with E-state index in [2.05, 4.69) is 40.0 Å². The van der Waals surface area contributed by atoms with Crippen molar-refractivity contribution in [3.63, 3.8) is 0 Å². The summed E-state index contributed by atoms with van der Waals surface area (Å²) in [4.78, 5) is 15.4. The number of nitrogens with zero attached hydrogens (tertiary/aromatic N) is 2. The molecule has 2 aromatic carbocycles. The number of piperidine rings is 1. The van der Waals surface area contributed by atoms with Crippen LogP contribution < -0.4 is 19.5 Å². The number of aryl methyl sites for hydroxylation is 1. The van der Waals surface area contributed by atoms with Crippen molar-refractivity contribution in [2.45, 2.75) is 45.8 Å². The van der Waals surface area contributed by atoms with Crippen molar-refractivity contribution >= 4 is 16.8 Å². The van der Waals surface area contributed by atoms with Gasteiger partial charge in [0.1, 0.15) is 17.2 Å². The predicted octanol–water partition coefficient (Wildman–Crippen LogP) is 4.39. The highest BCUT2D eigenvalue weighted by Gasteiger charge is 2.23. The molecule has 1 amide bonds. The number of methoxy groups -OCH3 is 3. The van der Waals surface area contributed by atoms with Gasteiger partial charge in [-0.05, 0) is 62.6 Å². The molecule has 7 nitrogen and oxygen atoms in total. The maximum absolute atomic E-state index is 12.9. The number of carbonyl (C=O) groups is 1. The summed E-state index contributed by atoms with van der Waals surface area (Å²) >= 11 is 0. The van der Waals surface area contributed by atoms with Crippen molar-refractivity contribution in [2.75, 3.05) is 34.4 Å². The highest BCUT2D eigenvalue weighted by atomic mass is 16.5. The first-order valence-electron chi connectivity index (χ1n) is 11.9. The Morgan fingerprint density at radius 3 is 2.29 bits per heavy atom. The Bertz CT molecular complexity index is 1140. The van der Waals surface area contributed by atoms with Gasteiger partial charge in [0.2, 0.25) is 0 Å². The number of nitrogens with one attached hydrogen (secondary N) is 1. The lowest BCUT2D eigenvalue weighted by Gasteiger charge is -2.32. The summed E-state index contributed by atoms with van der Waals surface area (Å²) in [5.41, 5.74) is 4.00. The molecule has 1 aliphatic heterocycles. The number of aromatic nitrogens is 1. The van der Waals surface area contributed by atoms with Crippen LogP contribution in [0.25, 0.3) is 10.9 Å². The highest BCUT2D eigenvalue weighted by Crippen LogP contribution is 2.30. The zero-order valence-corrected chi connectivity index (χ0v) is 20.8. The largest absolute Gasteiger partial charge is 0.497 e. The number of fused-ring (bicyclic) bond motifs is 1. The van der Waals surface area contributed by atoms with Gasteiger partial charge < -0.3 is 24.1 Å². The van der Waals surface area contributed by atoms with Crippen LogP contribution in [0.3, 0.4) is 0 Å². The van der Waals surface area contributed by atoms with Crippen molar-refractivity contribution < 1.29 is 19.0 Å². The maximum atomic E-state index is 12.9. The lowest BCUT2D eigenvalue weighted by Crippen LogP contribution is -2.44. The number of carbonyl (C=O) groups excluding carboxylic acids is 1. The van der Waals surface area contributed by atoms with E-state index in [-0.39, 0.29) is 11.9 Å². The molecule has 1 fully saturated rings. The molecule has 182 valence electrons. The van der Waals surface area contributed by atoms with Gasteiger partial charge in [0.15, 0.2) is 0 Å². The van der Waals surface area contributed by atoms with Gasteiger partial charge >= 0.3 is 0 Å². The quantitative estimate of drug-likeness (QED) is 0.535. The highest BCUT2D eigenvalue weighted by molar-refractivity contribution is 5.95. The smallest absolute Gasteiger partial charge is 0.251 e. The minimum atomic E-state index is -0.0897. The SMILES string of the molecule is CCn1cc(CN2CCC(NC(=O)c3cc(OC)c(C)c(OC)c3)CC2)c2cc(OC)ccc21. The number of likely N-dealkylation sites (tertiary alicyclic amines) is 1. The van der Waals surface area contributed by atoms with Crippen molar-refractivity contribution in [3.8, 4) is 17.2 Å². The molecule has 0 unspecified atom stereocenters. The Kier molecular flexibility index (Phi) is 7.32. The average Bonchev–Trinajstić information content (AvgIpc) is 3.21. The second-order valence-electron chi connectivity index (χ2n) is 8.85. The Labute approximate surface area is 201 Å². The van der Waals surface area contributed by atoms with E-state index >= 15 is 0 Å². The fourth-order valence-electron chi connectivity index (χ4n) is 4.83. The third kappa shape index (κ3) is 4.85. The summed E-state index contributed by atoms with van der Waals surface area (Å²) in [5, 5.41) is 4.45. The molecular weight excluding hydrogens is 430 g/mol. The number of ether oxygens (including phenoxy) is 3. The van der Waals surface area contributed by atoms with Crippen LogP contribution in [0.4, 0.5) is 0 Å². The Hall–Kier alpha value is -3.19. The Morgan fingerprint density at radius 2 is 1.71 bits per heavy atom.